The van der Waals surface area contributed by atoms with Crippen molar-refractivity contribution in [3.05, 3.63) is 29.3 Å². The number of amidine groups is 1. The number of nitrogens with one attached hydrogen (secondary N) is 2. The zero-order valence-electron chi connectivity index (χ0n) is 18.2. The van der Waals surface area contributed by atoms with Gasteiger partial charge >= 0.3 is 0 Å². The maximum Gasteiger partial charge on any atom is 0.134 e. The lowest BCUT2D eigenvalue weighted by atomic mass is 9.74. The summed E-state index contributed by atoms with van der Waals surface area (Å²) in [6.07, 6.45) is 6.27. The Hall–Kier alpha value is -2.90. The molecule has 2 aliphatic heterocycles. The van der Waals surface area contributed by atoms with Crippen molar-refractivity contribution < 1.29 is 0 Å². The van der Waals surface area contributed by atoms with Crippen LogP contribution < -0.4 is 15.5 Å². The normalized spacial score (nSPS) is 21.8. The van der Waals surface area contributed by atoms with Gasteiger partial charge in [0.2, 0.25) is 0 Å². The molecular formula is C23H31N7. The zero-order valence-corrected chi connectivity index (χ0v) is 18.2. The van der Waals surface area contributed by atoms with E-state index in [0.29, 0.717) is 29.7 Å². The minimum atomic E-state index is -0.511. The van der Waals surface area contributed by atoms with E-state index in [0.717, 1.165) is 56.7 Å². The fourth-order valence-corrected chi connectivity index (χ4v) is 4.26. The van der Waals surface area contributed by atoms with Crippen LogP contribution in [0.5, 0.6) is 0 Å². The Morgan fingerprint density at radius 2 is 2.17 bits per heavy atom. The van der Waals surface area contributed by atoms with Crippen LogP contribution in [0.3, 0.4) is 0 Å². The van der Waals surface area contributed by atoms with E-state index in [9.17, 15) is 10.5 Å². The summed E-state index contributed by atoms with van der Waals surface area (Å²) in [5.41, 5.74) is 1.15. The van der Waals surface area contributed by atoms with Gasteiger partial charge in [-0.3, -0.25) is 4.99 Å². The highest BCUT2D eigenvalue weighted by Gasteiger charge is 2.35. The summed E-state index contributed by atoms with van der Waals surface area (Å²) < 4.78 is 0. The predicted octanol–water partition coefficient (Wildman–Crippen LogP) is 3.52. The van der Waals surface area contributed by atoms with Crippen LogP contribution in [0.4, 0.5) is 11.6 Å². The lowest BCUT2D eigenvalue weighted by Crippen LogP contribution is -2.39. The Labute approximate surface area is 179 Å². The molecule has 1 aromatic heterocycles. The second-order valence-electron chi connectivity index (χ2n) is 8.10. The van der Waals surface area contributed by atoms with Gasteiger partial charge in [-0.15, -0.1) is 0 Å². The van der Waals surface area contributed by atoms with Gasteiger partial charge < -0.3 is 15.5 Å². The van der Waals surface area contributed by atoms with Crippen molar-refractivity contribution in [3.8, 4) is 12.1 Å². The summed E-state index contributed by atoms with van der Waals surface area (Å²) in [5, 5.41) is 26.0. The molecule has 2 saturated heterocycles. The van der Waals surface area contributed by atoms with Crippen LogP contribution >= 0.6 is 0 Å². The molecule has 0 aromatic carbocycles. The van der Waals surface area contributed by atoms with Crippen LogP contribution in [0.25, 0.3) is 0 Å². The molecule has 158 valence electrons. The molecule has 7 nitrogen and oxygen atoms in total. The van der Waals surface area contributed by atoms with Gasteiger partial charge in [-0.25, -0.2) is 4.98 Å². The molecule has 2 fully saturated rings. The molecule has 0 bridgehead atoms. The van der Waals surface area contributed by atoms with E-state index in [4.69, 9.17) is 4.98 Å². The first-order valence-electron chi connectivity index (χ1n) is 10.8. The summed E-state index contributed by atoms with van der Waals surface area (Å²) in [7, 11) is 1.69. The van der Waals surface area contributed by atoms with Crippen molar-refractivity contribution in [1.82, 2.24) is 10.3 Å². The third-order valence-electron chi connectivity index (χ3n) is 6.22. The number of aromatic nitrogens is 1. The first-order valence-corrected chi connectivity index (χ1v) is 10.8. The minimum absolute atomic E-state index is 0.427. The molecule has 0 saturated carbocycles. The van der Waals surface area contributed by atoms with Gasteiger partial charge in [0, 0.05) is 25.2 Å². The second kappa shape index (κ2) is 9.73. The highest BCUT2D eigenvalue weighted by Crippen LogP contribution is 2.37. The smallest absolute Gasteiger partial charge is 0.134 e. The Balaban J connectivity index is 2.03. The third kappa shape index (κ3) is 4.63. The number of hydrogen-bond acceptors (Lipinski definition) is 6. The molecule has 2 N–H and O–H groups in total. The number of rotatable bonds is 5. The number of aliphatic imine (C=N–C) groups is 1. The van der Waals surface area contributed by atoms with Gasteiger partial charge in [-0.05, 0) is 75.9 Å². The maximum absolute atomic E-state index is 10.1. The van der Waals surface area contributed by atoms with Crippen LogP contribution in [-0.4, -0.2) is 43.5 Å². The number of allylic oxidation sites excluding steroid dienone is 1. The van der Waals surface area contributed by atoms with Crippen LogP contribution in [0.15, 0.2) is 28.8 Å². The SMILES string of the molecule is CC/C(C#N)=C\C(=NC)Nc1cc(C2(C#N)CCNCC2)cc(N2CCCC2C)n1. The van der Waals surface area contributed by atoms with E-state index in [1.165, 1.54) is 0 Å². The van der Waals surface area contributed by atoms with Gasteiger partial charge in [-0.1, -0.05) is 6.92 Å². The van der Waals surface area contributed by atoms with Crippen molar-refractivity contribution in [2.24, 2.45) is 4.99 Å². The maximum atomic E-state index is 10.1. The molecule has 30 heavy (non-hydrogen) atoms. The topological polar surface area (TPSA) is 100 Å². The van der Waals surface area contributed by atoms with E-state index in [1.54, 1.807) is 13.1 Å². The fraction of sp³-hybridized carbons (Fsp3) is 0.565. The molecule has 7 heteroatoms. The van der Waals surface area contributed by atoms with Gasteiger partial charge in [-0.2, -0.15) is 10.5 Å². The predicted molar refractivity (Wildman–Crippen MR) is 121 cm³/mol. The Morgan fingerprint density at radius 3 is 2.73 bits per heavy atom. The Kier molecular flexibility index (Phi) is 7.07. The third-order valence-corrected chi connectivity index (χ3v) is 6.22. The molecule has 0 spiro atoms. The average Bonchev–Trinajstić information content (AvgIpc) is 3.22. The minimum Gasteiger partial charge on any atom is -0.354 e. The number of hydrogen-bond donors (Lipinski definition) is 2. The molecule has 2 aliphatic rings. The molecular weight excluding hydrogens is 374 g/mol. The molecule has 0 radical (unpaired) electrons. The van der Waals surface area contributed by atoms with E-state index < -0.39 is 5.41 Å². The van der Waals surface area contributed by atoms with Crippen LogP contribution in [-0.2, 0) is 5.41 Å². The van der Waals surface area contributed by atoms with Gasteiger partial charge in [0.25, 0.3) is 0 Å². The van der Waals surface area contributed by atoms with E-state index in [1.807, 2.05) is 13.0 Å². The fourth-order valence-electron chi connectivity index (χ4n) is 4.26. The second-order valence-corrected chi connectivity index (χ2v) is 8.10. The number of anilines is 2. The van der Waals surface area contributed by atoms with Gasteiger partial charge in [0.05, 0.1) is 17.6 Å². The number of piperidine rings is 1. The standard InChI is InChI=1S/C23H31N7/c1-4-18(15-24)12-20(26-3)28-21-13-19(23(16-25)7-9-27-10-8-23)14-22(29-21)30-11-5-6-17(30)2/h12-14,17,27H,4-11H2,1-3H3,(H,26,28,29)/b18-12+. The van der Waals surface area contributed by atoms with Crippen molar-refractivity contribution in [3.63, 3.8) is 0 Å². The van der Waals surface area contributed by atoms with E-state index >= 15 is 0 Å². The molecule has 3 heterocycles. The van der Waals surface area contributed by atoms with Crippen molar-refractivity contribution in [2.45, 2.75) is 57.4 Å². The summed E-state index contributed by atoms with van der Waals surface area (Å²) in [5.74, 6) is 2.17. The number of nitriles is 2. The lowest BCUT2D eigenvalue weighted by Gasteiger charge is -2.33. The molecule has 0 amide bonds. The van der Waals surface area contributed by atoms with Crippen molar-refractivity contribution in [1.29, 1.82) is 10.5 Å². The molecule has 1 atom stereocenters. The summed E-state index contributed by atoms with van der Waals surface area (Å²) in [4.78, 5) is 11.5. The summed E-state index contributed by atoms with van der Waals surface area (Å²) in [6.45, 7) is 6.81. The zero-order chi connectivity index (χ0) is 21.6. The quantitative estimate of drug-likeness (QED) is 0.442. The van der Waals surface area contributed by atoms with Crippen LogP contribution in [0.1, 0.15) is 51.5 Å². The number of nitrogens with zero attached hydrogens (tertiary/aromatic N) is 5. The number of pyridine rings is 1. The average molecular weight is 406 g/mol. The molecule has 0 aliphatic carbocycles. The lowest BCUT2D eigenvalue weighted by molar-refractivity contribution is 0.382. The highest BCUT2D eigenvalue weighted by atomic mass is 15.2. The summed E-state index contributed by atoms with van der Waals surface area (Å²) >= 11 is 0. The Bertz CT molecular complexity index is 897. The largest absolute Gasteiger partial charge is 0.354 e. The highest BCUT2D eigenvalue weighted by molar-refractivity contribution is 6.04. The van der Waals surface area contributed by atoms with Crippen LogP contribution in [0, 0.1) is 22.7 Å². The van der Waals surface area contributed by atoms with E-state index in [2.05, 4.69) is 45.7 Å². The van der Waals surface area contributed by atoms with Gasteiger partial charge in [0.15, 0.2) is 0 Å². The monoisotopic (exact) mass is 405 g/mol. The van der Waals surface area contributed by atoms with E-state index in [-0.39, 0.29) is 0 Å². The van der Waals surface area contributed by atoms with Crippen molar-refractivity contribution in [2.75, 3.05) is 36.9 Å². The first-order chi connectivity index (χ1) is 14.5. The van der Waals surface area contributed by atoms with Crippen LogP contribution in [0.2, 0.25) is 0 Å². The molecule has 1 unspecified atom stereocenters. The summed E-state index contributed by atoms with van der Waals surface area (Å²) in [6, 6.07) is 9.33. The molecule has 1 aromatic rings. The van der Waals surface area contributed by atoms with Crippen molar-refractivity contribution >= 4 is 17.5 Å². The Morgan fingerprint density at radius 1 is 1.40 bits per heavy atom. The van der Waals surface area contributed by atoms with Gasteiger partial charge in [0.1, 0.15) is 17.5 Å². The first kappa shape index (κ1) is 21.8. The molecule has 3 rings (SSSR count).